The molecule has 0 amide bonds. The number of sulfonamides is 1. The lowest BCUT2D eigenvalue weighted by atomic mass is 9.98. The summed E-state index contributed by atoms with van der Waals surface area (Å²) < 4.78 is 24.6. The highest BCUT2D eigenvalue weighted by Gasteiger charge is 2.24. The van der Waals surface area contributed by atoms with E-state index in [9.17, 15) is 8.42 Å². The zero-order valence-electron chi connectivity index (χ0n) is 15.7. The quantitative estimate of drug-likeness (QED) is 0.251. The molecule has 1 saturated heterocycles. The molecule has 0 aromatic carbocycles. The first kappa shape index (κ1) is 23.0. The van der Waals surface area contributed by atoms with Gasteiger partial charge in [0.25, 0.3) is 0 Å². The van der Waals surface area contributed by atoms with Crippen molar-refractivity contribution in [1.29, 1.82) is 0 Å². The first-order valence-electron chi connectivity index (χ1n) is 9.38. The van der Waals surface area contributed by atoms with Gasteiger partial charge in [0.2, 0.25) is 10.0 Å². The monoisotopic (exact) mass is 486 g/mol. The maximum absolute atomic E-state index is 11.5. The number of hydrogen-bond acceptors (Lipinski definition) is 3. The lowest BCUT2D eigenvalue weighted by Gasteiger charge is -2.30. The number of rotatable bonds is 7. The van der Waals surface area contributed by atoms with Crippen LogP contribution < -0.4 is 10.6 Å². The van der Waals surface area contributed by atoms with Crippen LogP contribution in [0.3, 0.4) is 0 Å². The summed E-state index contributed by atoms with van der Waals surface area (Å²) in [5.41, 5.74) is 0. The molecule has 0 radical (unpaired) electrons. The Morgan fingerprint density at radius 1 is 1.08 bits per heavy atom. The number of nitrogens with zero attached hydrogens (tertiary/aromatic N) is 2. The van der Waals surface area contributed by atoms with Gasteiger partial charge in [-0.1, -0.05) is 25.7 Å². The average Bonchev–Trinajstić information content (AvgIpc) is 3.07. The van der Waals surface area contributed by atoms with Crippen LogP contribution >= 0.6 is 24.0 Å². The Hall–Kier alpha value is -0.0900. The summed E-state index contributed by atoms with van der Waals surface area (Å²) >= 11 is 0. The maximum atomic E-state index is 11.5. The molecule has 25 heavy (non-hydrogen) atoms. The number of nitrogens with one attached hydrogen (secondary N) is 2. The molecule has 0 atom stereocenters. The molecule has 1 heterocycles. The average molecular weight is 486 g/mol. The molecule has 0 aromatic rings. The number of halogens is 1. The minimum absolute atomic E-state index is 0. The zero-order chi connectivity index (χ0) is 17.4. The molecule has 2 rings (SSSR count). The molecule has 0 bridgehead atoms. The second kappa shape index (κ2) is 11.6. The summed E-state index contributed by atoms with van der Waals surface area (Å²) in [5.74, 6) is 2.33. The number of hydrogen-bond donors (Lipinski definition) is 2. The van der Waals surface area contributed by atoms with Gasteiger partial charge >= 0.3 is 0 Å². The van der Waals surface area contributed by atoms with Gasteiger partial charge in [-0.15, -0.1) is 24.0 Å². The molecule has 2 fully saturated rings. The first-order chi connectivity index (χ1) is 11.5. The van der Waals surface area contributed by atoms with Gasteiger partial charge in [0.15, 0.2) is 5.96 Å². The van der Waals surface area contributed by atoms with Crippen LogP contribution in [0.1, 0.15) is 51.4 Å². The van der Waals surface area contributed by atoms with Crippen molar-refractivity contribution in [2.45, 2.75) is 51.4 Å². The van der Waals surface area contributed by atoms with Crippen LogP contribution in [0.15, 0.2) is 4.99 Å². The highest BCUT2D eigenvalue weighted by molar-refractivity contribution is 14.0. The van der Waals surface area contributed by atoms with Gasteiger partial charge in [-0.25, -0.2) is 12.7 Å². The highest BCUT2D eigenvalue weighted by Crippen LogP contribution is 2.28. The van der Waals surface area contributed by atoms with Gasteiger partial charge in [-0.05, 0) is 37.5 Å². The summed E-state index contributed by atoms with van der Waals surface area (Å²) in [5, 5.41) is 6.79. The predicted octanol–water partition coefficient (Wildman–Crippen LogP) is 2.41. The van der Waals surface area contributed by atoms with Crippen LogP contribution in [-0.2, 0) is 10.0 Å². The molecular weight excluding hydrogens is 451 g/mol. The molecule has 148 valence electrons. The van der Waals surface area contributed by atoms with Crippen LogP contribution in [-0.4, -0.2) is 58.2 Å². The normalized spacial score (nSPS) is 21.1. The van der Waals surface area contributed by atoms with E-state index < -0.39 is 10.0 Å². The van der Waals surface area contributed by atoms with Gasteiger partial charge < -0.3 is 10.6 Å². The van der Waals surface area contributed by atoms with Crippen molar-refractivity contribution >= 4 is 40.0 Å². The topological polar surface area (TPSA) is 73.8 Å². The molecule has 2 aliphatic rings. The van der Waals surface area contributed by atoms with Crippen LogP contribution in [0.5, 0.6) is 0 Å². The van der Waals surface area contributed by atoms with Crippen molar-refractivity contribution in [1.82, 2.24) is 14.9 Å². The lowest BCUT2D eigenvalue weighted by molar-refractivity contribution is 0.275. The van der Waals surface area contributed by atoms with E-state index in [-0.39, 0.29) is 24.0 Å². The van der Waals surface area contributed by atoms with Crippen molar-refractivity contribution < 1.29 is 8.42 Å². The van der Waals surface area contributed by atoms with Gasteiger partial charge in [-0.3, -0.25) is 4.99 Å². The Labute approximate surface area is 170 Å². The van der Waals surface area contributed by atoms with E-state index in [4.69, 9.17) is 0 Å². The largest absolute Gasteiger partial charge is 0.356 e. The fourth-order valence-electron chi connectivity index (χ4n) is 3.80. The summed E-state index contributed by atoms with van der Waals surface area (Å²) in [4.78, 5) is 4.28. The molecule has 1 aliphatic carbocycles. The van der Waals surface area contributed by atoms with E-state index in [1.165, 1.54) is 44.8 Å². The number of aliphatic imine (C=N–C) groups is 1. The van der Waals surface area contributed by atoms with E-state index in [0.29, 0.717) is 19.0 Å². The van der Waals surface area contributed by atoms with Crippen molar-refractivity contribution in [3.05, 3.63) is 0 Å². The second-order valence-electron chi connectivity index (χ2n) is 7.28. The Morgan fingerprint density at radius 3 is 2.28 bits per heavy atom. The van der Waals surface area contributed by atoms with Crippen LogP contribution in [0.25, 0.3) is 0 Å². The summed E-state index contributed by atoms with van der Waals surface area (Å²) in [7, 11) is -1.23. The SMILES string of the molecule is CN=C(NCCCC1CCCC1)NCC1CCN(S(C)(=O)=O)CC1.I. The first-order valence-corrected chi connectivity index (χ1v) is 11.2. The van der Waals surface area contributed by atoms with E-state index in [1.807, 2.05) is 0 Å². The highest BCUT2D eigenvalue weighted by atomic mass is 127. The Balaban J connectivity index is 0.00000312. The molecule has 1 saturated carbocycles. The molecule has 6 nitrogen and oxygen atoms in total. The molecular formula is C17H35IN4O2S. The van der Waals surface area contributed by atoms with E-state index >= 15 is 0 Å². The third kappa shape index (κ3) is 8.43. The van der Waals surface area contributed by atoms with Gasteiger partial charge in [-0.2, -0.15) is 0 Å². The Kier molecular flexibility index (Phi) is 10.6. The van der Waals surface area contributed by atoms with E-state index in [2.05, 4.69) is 15.6 Å². The third-order valence-corrected chi connectivity index (χ3v) is 6.68. The minimum atomic E-state index is -3.03. The van der Waals surface area contributed by atoms with Crippen molar-refractivity contribution in [2.75, 3.05) is 39.5 Å². The standard InChI is InChI=1S/C17H34N4O2S.HI/c1-18-17(19-11-5-8-15-6-3-4-7-15)20-14-16-9-12-21(13-10-16)24(2,22)23;/h15-16H,3-14H2,1-2H3,(H2,18,19,20);1H. The second-order valence-corrected chi connectivity index (χ2v) is 9.26. The fraction of sp³-hybridized carbons (Fsp3) is 0.941. The molecule has 0 spiro atoms. The van der Waals surface area contributed by atoms with Crippen molar-refractivity contribution in [3.8, 4) is 0 Å². The number of piperidine rings is 1. The molecule has 2 N–H and O–H groups in total. The Bertz CT molecular complexity index is 499. The van der Waals surface area contributed by atoms with Gasteiger partial charge in [0, 0.05) is 33.2 Å². The fourth-order valence-corrected chi connectivity index (χ4v) is 4.68. The molecule has 1 aliphatic heterocycles. The van der Waals surface area contributed by atoms with Crippen LogP contribution in [0.4, 0.5) is 0 Å². The predicted molar refractivity (Wildman–Crippen MR) is 115 cm³/mol. The number of guanidine groups is 1. The molecule has 0 unspecified atom stereocenters. The summed E-state index contributed by atoms with van der Waals surface area (Å²) in [6.07, 6.45) is 11.3. The smallest absolute Gasteiger partial charge is 0.211 e. The van der Waals surface area contributed by atoms with Crippen molar-refractivity contribution in [3.63, 3.8) is 0 Å². The van der Waals surface area contributed by atoms with E-state index in [0.717, 1.165) is 37.8 Å². The third-order valence-electron chi connectivity index (χ3n) is 5.38. The molecule has 0 aromatic heterocycles. The molecule has 8 heteroatoms. The summed E-state index contributed by atoms with van der Waals surface area (Å²) in [6, 6.07) is 0. The van der Waals surface area contributed by atoms with Crippen LogP contribution in [0, 0.1) is 11.8 Å². The lowest BCUT2D eigenvalue weighted by Crippen LogP contribution is -2.44. The Morgan fingerprint density at radius 2 is 1.72 bits per heavy atom. The zero-order valence-corrected chi connectivity index (χ0v) is 18.8. The van der Waals surface area contributed by atoms with Gasteiger partial charge in [0.1, 0.15) is 0 Å². The van der Waals surface area contributed by atoms with Gasteiger partial charge in [0.05, 0.1) is 6.26 Å². The minimum Gasteiger partial charge on any atom is -0.356 e. The maximum Gasteiger partial charge on any atom is 0.211 e. The van der Waals surface area contributed by atoms with E-state index in [1.54, 1.807) is 11.4 Å². The van der Waals surface area contributed by atoms with Crippen LogP contribution in [0.2, 0.25) is 0 Å². The van der Waals surface area contributed by atoms with Crippen molar-refractivity contribution in [2.24, 2.45) is 16.8 Å². The summed E-state index contributed by atoms with van der Waals surface area (Å²) in [6.45, 7) is 3.11.